The average Bonchev–Trinajstić information content (AvgIpc) is 2.57. The summed E-state index contributed by atoms with van der Waals surface area (Å²) in [5, 5.41) is 8.93. The lowest BCUT2D eigenvalue weighted by atomic mass is 9.90. The normalized spacial score (nSPS) is 37.1. The second kappa shape index (κ2) is 3.38. The molecule has 14 heavy (non-hydrogen) atoms. The number of rotatable bonds is 2. The van der Waals surface area contributed by atoms with E-state index in [9.17, 15) is 0 Å². The van der Waals surface area contributed by atoms with E-state index < -0.39 is 0 Å². The number of hydrogen-bond acceptors (Lipinski definition) is 3. The molecule has 2 heterocycles. The van der Waals surface area contributed by atoms with Crippen molar-refractivity contribution >= 4 is 0 Å². The van der Waals surface area contributed by atoms with Crippen molar-refractivity contribution in [3.8, 4) is 6.07 Å². The molecule has 0 aromatic carbocycles. The van der Waals surface area contributed by atoms with Gasteiger partial charge < -0.3 is 4.74 Å². The Morgan fingerprint density at radius 3 is 3.21 bits per heavy atom. The van der Waals surface area contributed by atoms with Crippen LogP contribution in [-0.4, -0.2) is 37.2 Å². The Labute approximate surface area is 85.0 Å². The first-order valence-electron chi connectivity index (χ1n) is 5.00. The van der Waals surface area contributed by atoms with E-state index in [1.165, 1.54) is 5.57 Å². The zero-order valence-corrected chi connectivity index (χ0v) is 8.62. The summed E-state index contributed by atoms with van der Waals surface area (Å²) in [5.74, 6) is 0.179. The summed E-state index contributed by atoms with van der Waals surface area (Å²) in [6.07, 6.45) is 1.94. The van der Waals surface area contributed by atoms with Gasteiger partial charge in [-0.15, -0.1) is 0 Å². The van der Waals surface area contributed by atoms with E-state index in [4.69, 9.17) is 10.00 Å². The van der Waals surface area contributed by atoms with Crippen LogP contribution < -0.4 is 0 Å². The largest absolute Gasteiger partial charge is 0.383 e. The Bertz CT molecular complexity index is 294. The maximum atomic E-state index is 8.93. The van der Waals surface area contributed by atoms with Crippen LogP contribution in [0, 0.1) is 17.2 Å². The lowest BCUT2D eigenvalue weighted by Gasteiger charge is -2.30. The van der Waals surface area contributed by atoms with E-state index in [0.29, 0.717) is 0 Å². The van der Waals surface area contributed by atoms with Crippen LogP contribution in [0.5, 0.6) is 0 Å². The molecule has 2 unspecified atom stereocenters. The Morgan fingerprint density at radius 1 is 1.79 bits per heavy atom. The Balaban J connectivity index is 2.17. The predicted molar refractivity (Wildman–Crippen MR) is 53.7 cm³/mol. The summed E-state index contributed by atoms with van der Waals surface area (Å²) in [6.45, 7) is 6.59. The summed E-state index contributed by atoms with van der Waals surface area (Å²) in [4.78, 5) is 2.37. The van der Waals surface area contributed by atoms with Crippen LogP contribution in [0.25, 0.3) is 0 Å². The molecular formula is C11H16N2O. The van der Waals surface area contributed by atoms with Crippen molar-refractivity contribution in [2.45, 2.75) is 18.4 Å². The van der Waals surface area contributed by atoms with Gasteiger partial charge in [0, 0.05) is 25.7 Å². The smallest absolute Gasteiger partial charge is 0.0670 e. The average molecular weight is 192 g/mol. The SMILES string of the molecule is C=C1CN2CC(C#N)CC2(COC)C1. The van der Waals surface area contributed by atoms with E-state index in [1.54, 1.807) is 7.11 Å². The summed E-state index contributed by atoms with van der Waals surface area (Å²) < 4.78 is 5.28. The van der Waals surface area contributed by atoms with Gasteiger partial charge in [0.1, 0.15) is 0 Å². The Morgan fingerprint density at radius 2 is 2.57 bits per heavy atom. The predicted octanol–water partition coefficient (Wildman–Crippen LogP) is 1.18. The highest BCUT2D eigenvalue weighted by molar-refractivity contribution is 5.20. The monoisotopic (exact) mass is 192 g/mol. The highest BCUT2D eigenvalue weighted by Crippen LogP contribution is 2.42. The van der Waals surface area contributed by atoms with Crippen molar-refractivity contribution in [2.75, 3.05) is 26.8 Å². The van der Waals surface area contributed by atoms with Gasteiger partial charge in [0.05, 0.1) is 18.6 Å². The van der Waals surface area contributed by atoms with Gasteiger partial charge in [-0.2, -0.15) is 5.26 Å². The van der Waals surface area contributed by atoms with Gasteiger partial charge in [0.2, 0.25) is 0 Å². The quantitative estimate of drug-likeness (QED) is 0.616. The minimum atomic E-state index is 0.0895. The fourth-order valence-electron chi connectivity index (χ4n) is 2.88. The van der Waals surface area contributed by atoms with Gasteiger partial charge in [-0.25, -0.2) is 0 Å². The standard InChI is InChI=1S/C11H16N2O/c1-9-3-11(8-14-2)4-10(5-12)7-13(11)6-9/h10H,1,3-4,6-8H2,2H3. The van der Waals surface area contributed by atoms with Gasteiger partial charge >= 0.3 is 0 Å². The first-order valence-corrected chi connectivity index (χ1v) is 5.00. The van der Waals surface area contributed by atoms with Gasteiger partial charge in [-0.05, 0) is 12.8 Å². The van der Waals surface area contributed by atoms with Crippen molar-refractivity contribution in [2.24, 2.45) is 5.92 Å². The molecule has 2 saturated heterocycles. The Hall–Kier alpha value is -0.850. The molecule has 3 heteroatoms. The van der Waals surface area contributed by atoms with Crippen molar-refractivity contribution < 1.29 is 4.74 Å². The zero-order chi connectivity index (χ0) is 10.2. The van der Waals surface area contributed by atoms with Crippen LogP contribution in [0.2, 0.25) is 0 Å². The minimum Gasteiger partial charge on any atom is -0.383 e. The lowest BCUT2D eigenvalue weighted by Crippen LogP contribution is -2.42. The molecule has 2 fully saturated rings. The molecule has 0 saturated carbocycles. The molecule has 76 valence electrons. The van der Waals surface area contributed by atoms with Crippen LogP contribution in [0.1, 0.15) is 12.8 Å². The van der Waals surface area contributed by atoms with Crippen LogP contribution >= 0.6 is 0 Å². The van der Waals surface area contributed by atoms with Gasteiger partial charge in [0.15, 0.2) is 0 Å². The van der Waals surface area contributed by atoms with Gasteiger partial charge in [0.25, 0.3) is 0 Å². The molecule has 2 rings (SSSR count). The van der Waals surface area contributed by atoms with E-state index in [-0.39, 0.29) is 11.5 Å². The molecule has 0 radical (unpaired) electrons. The van der Waals surface area contributed by atoms with E-state index in [2.05, 4.69) is 17.5 Å². The van der Waals surface area contributed by atoms with Crippen LogP contribution in [0.15, 0.2) is 12.2 Å². The number of nitrogens with zero attached hydrogens (tertiary/aromatic N) is 2. The minimum absolute atomic E-state index is 0.0895. The van der Waals surface area contributed by atoms with Crippen LogP contribution in [0.4, 0.5) is 0 Å². The van der Waals surface area contributed by atoms with Gasteiger partial charge in [-0.3, -0.25) is 4.90 Å². The second-order valence-electron chi connectivity index (χ2n) is 4.49. The number of methoxy groups -OCH3 is 1. The summed E-state index contributed by atoms with van der Waals surface area (Å²) in [5.41, 5.74) is 1.37. The zero-order valence-electron chi connectivity index (χ0n) is 8.62. The third kappa shape index (κ3) is 1.35. The molecule has 0 aliphatic carbocycles. The molecule has 0 N–H and O–H groups in total. The second-order valence-corrected chi connectivity index (χ2v) is 4.49. The highest BCUT2D eigenvalue weighted by Gasteiger charge is 2.49. The van der Waals surface area contributed by atoms with Gasteiger partial charge in [-0.1, -0.05) is 12.2 Å². The van der Waals surface area contributed by atoms with Crippen LogP contribution in [0.3, 0.4) is 0 Å². The molecule has 0 aromatic heterocycles. The third-order valence-electron chi connectivity index (χ3n) is 3.33. The summed E-state index contributed by atoms with van der Waals surface area (Å²) >= 11 is 0. The number of nitriles is 1. The Kier molecular flexibility index (Phi) is 2.34. The molecule has 2 atom stereocenters. The highest BCUT2D eigenvalue weighted by atomic mass is 16.5. The molecule has 2 aliphatic rings. The summed E-state index contributed by atoms with van der Waals surface area (Å²) in [7, 11) is 1.73. The topological polar surface area (TPSA) is 36.3 Å². The van der Waals surface area contributed by atoms with Crippen molar-refractivity contribution in [3.63, 3.8) is 0 Å². The molecule has 0 aromatic rings. The van der Waals surface area contributed by atoms with E-state index >= 15 is 0 Å². The first kappa shape index (κ1) is 9.70. The van der Waals surface area contributed by atoms with E-state index in [1.807, 2.05) is 0 Å². The molecular weight excluding hydrogens is 176 g/mol. The maximum absolute atomic E-state index is 8.93. The molecule has 2 aliphatic heterocycles. The lowest BCUT2D eigenvalue weighted by molar-refractivity contribution is 0.0655. The third-order valence-corrected chi connectivity index (χ3v) is 3.33. The molecule has 3 nitrogen and oxygen atoms in total. The molecule has 0 amide bonds. The van der Waals surface area contributed by atoms with Crippen molar-refractivity contribution in [1.29, 1.82) is 5.26 Å². The van der Waals surface area contributed by atoms with Crippen molar-refractivity contribution in [3.05, 3.63) is 12.2 Å². The summed E-state index contributed by atoms with van der Waals surface area (Å²) in [6, 6.07) is 2.36. The number of ether oxygens (including phenoxy) is 1. The number of fused-ring (bicyclic) bond motifs is 1. The van der Waals surface area contributed by atoms with E-state index in [0.717, 1.165) is 32.5 Å². The fraction of sp³-hybridized carbons (Fsp3) is 0.727. The molecule has 0 spiro atoms. The maximum Gasteiger partial charge on any atom is 0.0670 e. The molecule has 0 bridgehead atoms. The van der Waals surface area contributed by atoms with Crippen LogP contribution in [-0.2, 0) is 4.74 Å². The first-order chi connectivity index (χ1) is 6.70. The number of hydrogen-bond donors (Lipinski definition) is 0. The fourth-order valence-corrected chi connectivity index (χ4v) is 2.88. The van der Waals surface area contributed by atoms with Crippen molar-refractivity contribution in [1.82, 2.24) is 4.90 Å².